The molecule has 0 saturated carbocycles. The van der Waals surface area contributed by atoms with Crippen molar-refractivity contribution in [3.8, 4) is 11.3 Å². The van der Waals surface area contributed by atoms with Crippen molar-refractivity contribution in [1.29, 1.82) is 0 Å². The highest BCUT2D eigenvalue weighted by Gasteiger charge is 2.37. The summed E-state index contributed by atoms with van der Waals surface area (Å²) in [6.07, 6.45) is -5.30. The van der Waals surface area contributed by atoms with Gasteiger partial charge in [-0.25, -0.2) is 0 Å². The number of nitrogens with one attached hydrogen (secondary N) is 1. The van der Waals surface area contributed by atoms with Gasteiger partial charge < -0.3 is 14.5 Å². The zero-order valence-corrected chi connectivity index (χ0v) is 17.5. The second-order valence-corrected chi connectivity index (χ2v) is 7.01. The topological polar surface area (TPSA) is 68.5 Å². The van der Waals surface area contributed by atoms with Gasteiger partial charge in [-0.15, -0.1) is 0 Å². The predicted molar refractivity (Wildman–Crippen MR) is 107 cm³/mol. The minimum atomic E-state index is -4.97. The summed E-state index contributed by atoms with van der Waals surface area (Å²) in [6.45, 7) is 0.359. The van der Waals surface area contributed by atoms with Gasteiger partial charge in [-0.2, -0.15) is 26.3 Å². The molecule has 180 valence electrons. The Balaban J connectivity index is 2.00. The molecule has 5 nitrogen and oxygen atoms in total. The SMILES string of the molecule is COC(=O)CCCCCNC(=O)C=Cc1ccc(-c2cc(C(F)(F)F)cc(C(F)(F)F)c2)o1. The molecule has 0 fully saturated rings. The Kier molecular flexibility index (Phi) is 8.72. The van der Waals surface area contributed by atoms with Crippen molar-refractivity contribution in [1.82, 2.24) is 5.32 Å². The van der Waals surface area contributed by atoms with E-state index in [2.05, 4.69) is 10.1 Å². The van der Waals surface area contributed by atoms with Gasteiger partial charge in [0.15, 0.2) is 0 Å². The highest BCUT2D eigenvalue weighted by molar-refractivity contribution is 5.91. The molecule has 0 unspecified atom stereocenters. The fourth-order valence-corrected chi connectivity index (χ4v) is 2.80. The minimum absolute atomic E-state index is 0.0348. The van der Waals surface area contributed by atoms with Gasteiger partial charge in [-0.05, 0) is 49.2 Å². The molecule has 1 aromatic heterocycles. The fourth-order valence-electron chi connectivity index (χ4n) is 2.80. The number of alkyl halides is 6. The van der Waals surface area contributed by atoms with Crippen LogP contribution in [0, 0.1) is 0 Å². The van der Waals surface area contributed by atoms with E-state index in [0.717, 1.165) is 6.08 Å². The molecule has 0 aliphatic rings. The summed E-state index contributed by atoms with van der Waals surface area (Å²) in [6, 6.07) is 3.70. The molecule has 0 radical (unpaired) electrons. The van der Waals surface area contributed by atoms with E-state index in [4.69, 9.17) is 4.42 Å². The van der Waals surface area contributed by atoms with Crippen LogP contribution in [0.2, 0.25) is 0 Å². The molecular weight excluding hydrogens is 456 g/mol. The van der Waals surface area contributed by atoms with Crippen LogP contribution in [-0.4, -0.2) is 25.5 Å². The average Bonchev–Trinajstić information content (AvgIpc) is 3.22. The lowest BCUT2D eigenvalue weighted by atomic mass is 10.0. The van der Waals surface area contributed by atoms with Gasteiger partial charge in [-0.1, -0.05) is 6.42 Å². The monoisotopic (exact) mass is 477 g/mol. The van der Waals surface area contributed by atoms with E-state index in [9.17, 15) is 35.9 Å². The normalized spacial score (nSPS) is 12.2. The lowest BCUT2D eigenvalue weighted by Gasteiger charge is -2.13. The van der Waals surface area contributed by atoms with Crippen molar-refractivity contribution in [2.45, 2.75) is 38.0 Å². The first-order valence-corrected chi connectivity index (χ1v) is 9.82. The maximum absolute atomic E-state index is 13.0. The van der Waals surface area contributed by atoms with Gasteiger partial charge in [-0.3, -0.25) is 9.59 Å². The molecule has 33 heavy (non-hydrogen) atoms. The van der Waals surface area contributed by atoms with Gasteiger partial charge in [0, 0.05) is 24.6 Å². The Morgan fingerprint density at radius 3 is 2.18 bits per heavy atom. The second-order valence-electron chi connectivity index (χ2n) is 7.01. The molecule has 1 N–H and O–H groups in total. The van der Waals surface area contributed by atoms with Crippen LogP contribution in [0.1, 0.15) is 42.6 Å². The van der Waals surface area contributed by atoms with E-state index in [1.807, 2.05) is 0 Å². The molecule has 11 heteroatoms. The number of ether oxygens (including phenoxy) is 1. The second kappa shape index (κ2) is 11.1. The number of hydrogen-bond donors (Lipinski definition) is 1. The van der Waals surface area contributed by atoms with Crippen LogP contribution in [0.3, 0.4) is 0 Å². The van der Waals surface area contributed by atoms with E-state index >= 15 is 0 Å². The van der Waals surface area contributed by atoms with Crippen LogP contribution in [0.15, 0.2) is 40.8 Å². The molecule has 0 bridgehead atoms. The fraction of sp³-hybridized carbons (Fsp3) is 0.364. The standard InChI is InChI=1S/C22H21F6NO4/c1-32-20(31)5-3-2-4-10-29-19(30)9-7-17-6-8-18(33-17)14-11-15(21(23,24)25)13-16(12-14)22(26,27)28/h6-9,11-13H,2-5,10H2,1H3,(H,29,30). The van der Waals surface area contributed by atoms with Gasteiger partial charge in [0.1, 0.15) is 11.5 Å². The van der Waals surface area contributed by atoms with Crippen LogP contribution >= 0.6 is 0 Å². The number of carbonyl (C=O) groups excluding carboxylic acids is 2. The third-order valence-corrected chi connectivity index (χ3v) is 4.48. The number of furan rings is 1. The van der Waals surface area contributed by atoms with Crippen molar-refractivity contribution in [3.05, 3.63) is 53.3 Å². The summed E-state index contributed by atoms with van der Waals surface area (Å²) in [5.74, 6) is -0.902. The van der Waals surface area contributed by atoms with Crippen LogP contribution in [0.5, 0.6) is 0 Å². The average molecular weight is 477 g/mol. The highest BCUT2D eigenvalue weighted by Crippen LogP contribution is 2.39. The summed E-state index contributed by atoms with van der Waals surface area (Å²) in [5, 5.41) is 2.61. The first-order chi connectivity index (χ1) is 15.4. The number of unbranched alkanes of at least 4 members (excludes halogenated alkanes) is 2. The molecule has 0 atom stereocenters. The molecular formula is C22H21F6NO4. The molecule has 2 aromatic rings. The van der Waals surface area contributed by atoms with E-state index in [0.29, 0.717) is 44.4 Å². The number of esters is 1. The minimum Gasteiger partial charge on any atom is -0.469 e. The summed E-state index contributed by atoms with van der Waals surface area (Å²) in [5.41, 5.74) is -3.30. The van der Waals surface area contributed by atoms with Crippen molar-refractivity contribution in [2.24, 2.45) is 0 Å². The van der Waals surface area contributed by atoms with Crippen molar-refractivity contribution in [3.63, 3.8) is 0 Å². The molecule has 0 aliphatic heterocycles. The largest absolute Gasteiger partial charge is 0.469 e. The third kappa shape index (κ3) is 8.32. The van der Waals surface area contributed by atoms with Gasteiger partial charge in [0.25, 0.3) is 0 Å². The number of halogens is 6. The van der Waals surface area contributed by atoms with E-state index in [1.165, 1.54) is 25.3 Å². The Morgan fingerprint density at radius 1 is 0.970 bits per heavy atom. The summed E-state index contributed by atoms with van der Waals surface area (Å²) >= 11 is 0. The number of rotatable bonds is 9. The first-order valence-electron chi connectivity index (χ1n) is 9.82. The number of benzene rings is 1. The first kappa shape index (κ1) is 26.0. The number of carbonyl (C=O) groups is 2. The summed E-state index contributed by atoms with van der Waals surface area (Å²) < 4.78 is 87.9. The summed E-state index contributed by atoms with van der Waals surface area (Å²) in [4.78, 5) is 22.8. The van der Waals surface area contributed by atoms with Crippen LogP contribution in [0.4, 0.5) is 26.3 Å². The van der Waals surface area contributed by atoms with Crippen LogP contribution in [-0.2, 0) is 26.7 Å². The highest BCUT2D eigenvalue weighted by atomic mass is 19.4. The quantitative estimate of drug-likeness (QED) is 0.213. The lowest BCUT2D eigenvalue weighted by molar-refractivity contribution is -0.143. The molecule has 0 saturated heterocycles. The smallest absolute Gasteiger partial charge is 0.416 e. The summed E-state index contributed by atoms with van der Waals surface area (Å²) in [7, 11) is 1.30. The Labute approximate surface area is 185 Å². The number of amides is 1. The van der Waals surface area contributed by atoms with E-state index in [-0.39, 0.29) is 23.6 Å². The third-order valence-electron chi connectivity index (χ3n) is 4.48. The van der Waals surface area contributed by atoms with E-state index in [1.54, 1.807) is 0 Å². The zero-order chi connectivity index (χ0) is 24.6. The maximum atomic E-state index is 13.0. The van der Waals surface area contributed by atoms with Crippen molar-refractivity contribution < 1.29 is 45.1 Å². The molecule has 1 heterocycles. The lowest BCUT2D eigenvalue weighted by Crippen LogP contribution is -2.22. The predicted octanol–water partition coefficient (Wildman–Crippen LogP) is 5.85. The maximum Gasteiger partial charge on any atom is 0.416 e. The van der Waals surface area contributed by atoms with Crippen molar-refractivity contribution >= 4 is 18.0 Å². The van der Waals surface area contributed by atoms with Gasteiger partial charge in [0.2, 0.25) is 5.91 Å². The van der Waals surface area contributed by atoms with Crippen LogP contribution < -0.4 is 5.32 Å². The molecule has 0 spiro atoms. The Hall–Kier alpha value is -3.24. The van der Waals surface area contributed by atoms with Crippen LogP contribution in [0.25, 0.3) is 17.4 Å². The molecule has 2 rings (SSSR count). The number of methoxy groups -OCH3 is 1. The number of hydrogen-bond acceptors (Lipinski definition) is 4. The molecule has 0 aliphatic carbocycles. The molecule has 1 amide bonds. The Bertz CT molecular complexity index is 959. The zero-order valence-electron chi connectivity index (χ0n) is 17.5. The van der Waals surface area contributed by atoms with Crippen molar-refractivity contribution in [2.75, 3.05) is 13.7 Å². The Morgan fingerprint density at radius 2 is 1.61 bits per heavy atom. The van der Waals surface area contributed by atoms with E-state index < -0.39 is 35.0 Å². The van der Waals surface area contributed by atoms with Gasteiger partial charge in [0.05, 0.1) is 18.2 Å². The molecule has 1 aromatic carbocycles. The van der Waals surface area contributed by atoms with Gasteiger partial charge >= 0.3 is 18.3 Å².